The maximum absolute atomic E-state index is 13.2. The lowest BCUT2D eigenvalue weighted by Crippen LogP contribution is -2.38. The Morgan fingerprint density at radius 2 is 1.03 bits per heavy atom. The second-order valence-electron chi connectivity index (χ2n) is 7.78. The lowest BCUT2D eigenvalue weighted by molar-refractivity contribution is -0.135. The molecule has 0 bridgehead atoms. The minimum atomic E-state index is -1.01. The van der Waals surface area contributed by atoms with E-state index in [4.69, 9.17) is 5.73 Å². The molecule has 2 amide bonds. The van der Waals surface area contributed by atoms with Gasteiger partial charge in [0.25, 0.3) is 0 Å². The van der Waals surface area contributed by atoms with Crippen molar-refractivity contribution < 1.29 is 9.59 Å². The van der Waals surface area contributed by atoms with Gasteiger partial charge in [-0.3, -0.25) is 14.5 Å². The molecule has 4 nitrogen and oxygen atoms in total. The standard InChI is InChI=1S/C28H24N2O2/c1-19-13-15-25(23(17-19)21-9-5-3-6-10-21)30(28(32)27(29)31)26-16-14-20(2)18-24(26)22-11-7-4-8-12-22/h3-18H,1-2H3,(H2,29,31). The molecule has 4 rings (SSSR count). The van der Waals surface area contributed by atoms with Crippen molar-refractivity contribution in [3.8, 4) is 22.3 Å². The average molecular weight is 421 g/mol. The number of benzene rings is 4. The summed E-state index contributed by atoms with van der Waals surface area (Å²) in [5.74, 6) is -1.80. The van der Waals surface area contributed by atoms with E-state index in [2.05, 4.69) is 0 Å². The third-order valence-corrected chi connectivity index (χ3v) is 5.37. The predicted molar refractivity (Wildman–Crippen MR) is 130 cm³/mol. The van der Waals surface area contributed by atoms with Crippen LogP contribution in [0.5, 0.6) is 0 Å². The maximum atomic E-state index is 13.2. The second-order valence-corrected chi connectivity index (χ2v) is 7.78. The Kier molecular flexibility index (Phi) is 5.86. The molecule has 0 radical (unpaired) electrons. The number of nitrogens with zero attached hydrogens (tertiary/aromatic N) is 1. The molecule has 0 aromatic heterocycles. The van der Waals surface area contributed by atoms with Gasteiger partial charge in [0.1, 0.15) is 0 Å². The highest BCUT2D eigenvalue weighted by atomic mass is 16.2. The molecule has 0 aliphatic rings. The Balaban J connectivity index is 2.01. The quantitative estimate of drug-likeness (QED) is 0.425. The van der Waals surface area contributed by atoms with Crippen LogP contribution in [0.2, 0.25) is 0 Å². The van der Waals surface area contributed by atoms with E-state index in [1.807, 2.05) is 111 Å². The van der Waals surface area contributed by atoms with Gasteiger partial charge in [-0.15, -0.1) is 0 Å². The number of rotatable bonds is 4. The van der Waals surface area contributed by atoms with Crippen LogP contribution in [-0.4, -0.2) is 11.8 Å². The van der Waals surface area contributed by atoms with Gasteiger partial charge in [-0.2, -0.15) is 0 Å². The molecule has 4 aromatic rings. The molecule has 0 spiro atoms. The minimum absolute atomic E-state index is 0.603. The fraction of sp³-hybridized carbons (Fsp3) is 0.0714. The number of carbonyl (C=O) groups excluding carboxylic acids is 2. The fourth-order valence-corrected chi connectivity index (χ4v) is 3.85. The van der Waals surface area contributed by atoms with Crippen molar-refractivity contribution in [2.75, 3.05) is 4.90 Å². The number of carbonyl (C=O) groups is 2. The third-order valence-electron chi connectivity index (χ3n) is 5.37. The van der Waals surface area contributed by atoms with E-state index >= 15 is 0 Å². The first kappa shape index (κ1) is 21.1. The smallest absolute Gasteiger partial charge is 0.320 e. The van der Waals surface area contributed by atoms with Gasteiger partial charge < -0.3 is 5.73 Å². The predicted octanol–water partition coefficient (Wildman–Crippen LogP) is 5.79. The molecule has 2 N–H and O–H groups in total. The summed E-state index contributed by atoms with van der Waals surface area (Å²) in [4.78, 5) is 26.8. The van der Waals surface area contributed by atoms with E-state index < -0.39 is 11.8 Å². The molecule has 0 fully saturated rings. The van der Waals surface area contributed by atoms with Crippen LogP contribution in [0.15, 0.2) is 97.1 Å². The molecule has 0 saturated heterocycles. The number of hydrogen-bond donors (Lipinski definition) is 1. The summed E-state index contributed by atoms with van der Waals surface area (Å²) in [6.45, 7) is 4.00. The van der Waals surface area contributed by atoms with Crippen molar-refractivity contribution in [1.29, 1.82) is 0 Å². The van der Waals surface area contributed by atoms with Gasteiger partial charge in [-0.25, -0.2) is 0 Å². The number of nitrogens with two attached hydrogens (primary N) is 1. The Bertz CT molecular complexity index is 1190. The third kappa shape index (κ3) is 4.16. The molecule has 0 heterocycles. The first-order chi connectivity index (χ1) is 15.5. The van der Waals surface area contributed by atoms with Crippen molar-refractivity contribution in [2.24, 2.45) is 5.73 Å². The molecule has 0 aliphatic carbocycles. The van der Waals surface area contributed by atoms with E-state index in [9.17, 15) is 9.59 Å². The van der Waals surface area contributed by atoms with Gasteiger partial charge in [0, 0.05) is 11.1 Å². The molecular weight excluding hydrogens is 396 g/mol. The highest BCUT2D eigenvalue weighted by molar-refractivity contribution is 6.42. The number of hydrogen-bond acceptors (Lipinski definition) is 2. The van der Waals surface area contributed by atoms with Gasteiger partial charge in [0.2, 0.25) is 0 Å². The Labute approximate surface area is 187 Å². The van der Waals surface area contributed by atoms with E-state index in [0.29, 0.717) is 11.4 Å². The van der Waals surface area contributed by atoms with E-state index in [1.54, 1.807) is 0 Å². The first-order valence-corrected chi connectivity index (χ1v) is 10.4. The second kappa shape index (κ2) is 8.90. The molecule has 0 aliphatic heterocycles. The van der Waals surface area contributed by atoms with Crippen LogP contribution in [0, 0.1) is 13.8 Å². The van der Waals surface area contributed by atoms with Crippen molar-refractivity contribution >= 4 is 23.2 Å². The van der Waals surface area contributed by atoms with Crippen molar-refractivity contribution in [1.82, 2.24) is 0 Å². The highest BCUT2D eigenvalue weighted by Gasteiger charge is 2.27. The van der Waals surface area contributed by atoms with Gasteiger partial charge in [0.05, 0.1) is 11.4 Å². The largest absolute Gasteiger partial charge is 0.361 e. The van der Waals surface area contributed by atoms with Crippen molar-refractivity contribution in [2.45, 2.75) is 13.8 Å². The average Bonchev–Trinajstić information content (AvgIpc) is 2.82. The zero-order valence-electron chi connectivity index (χ0n) is 18.1. The fourth-order valence-electron chi connectivity index (χ4n) is 3.85. The summed E-state index contributed by atoms with van der Waals surface area (Å²) in [6.07, 6.45) is 0. The maximum Gasteiger partial charge on any atom is 0.320 e. The van der Waals surface area contributed by atoms with E-state index in [0.717, 1.165) is 33.4 Å². The van der Waals surface area contributed by atoms with Crippen LogP contribution in [0.25, 0.3) is 22.3 Å². The lowest BCUT2D eigenvalue weighted by atomic mass is 9.97. The van der Waals surface area contributed by atoms with Crippen LogP contribution in [0.4, 0.5) is 11.4 Å². The summed E-state index contributed by atoms with van der Waals surface area (Å²) in [5, 5.41) is 0. The molecule has 0 saturated carbocycles. The van der Waals surface area contributed by atoms with Gasteiger partial charge in [0.15, 0.2) is 0 Å². The molecule has 32 heavy (non-hydrogen) atoms. The SMILES string of the molecule is Cc1ccc(N(C(=O)C(N)=O)c2ccc(C)cc2-c2ccccc2)c(-c2ccccc2)c1. The molecule has 4 heteroatoms. The van der Waals surface area contributed by atoms with Crippen LogP contribution >= 0.6 is 0 Å². The number of amides is 2. The van der Waals surface area contributed by atoms with E-state index in [-0.39, 0.29) is 0 Å². The highest BCUT2D eigenvalue weighted by Crippen LogP contribution is 2.40. The summed E-state index contributed by atoms with van der Waals surface area (Å²) in [6, 6.07) is 31.2. The number of primary amides is 1. The van der Waals surface area contributed by atoms with Crippen LogP contribution < -0.4 is 10.6 Å². The summed E-state index contributed by atoms with van der Waals surface area (Å²) in [7, 11) is 0. The minimum Gasteiger partial charge on any atom is -0.361 e. The molecule has 158 valence electrons. The first-order valence-electron chi connectivity index (χ1n) is 10.4. The number of anilines is 2. The molecular formula is C28H24N2O2. The Hall–Kier alpha value is -4.18. The van der Waals surface area contributed by atoms with Crippen LogP contribution in [0.1, 0.15) is 11.1 Å². The normalized spacial score (nSPS) is 10.6. The lowest BCUT2D eigenvalue weighted by Gasteiger charge is -2.27. The van der Waals surface area contributed by atoms with Crippen LogP contribution in [0.3, 0.4) is 0 Å². The van der Waals surface area contributed by atoms with Crippen LogP contribution in [-0.2, 0) is 9.59 Å². The summed E-state index contributed by atoms with van der Waals surface area (Å²) in [5.41, 5.74) is 12.4. The monoisotopic (exact) mass is 420 g/mol. The summed E-state index contributed by atoms with van der Waals surface area (Å²) < 4.78 is 0. The zero-order valence-corrected chi connectivity index (χ0v) is 18.1. The zero-order chi connectivity index (χ0) is 22.7. The molecule has 0 unspecified atom stereocenters. The number of aryl methyl sites for hydroxylation is 2. The summed E-state index contributed by atoms with van der Waals surface area (Å²) >= 11 is 0. The van der Waals surface area contributed by atoms with Gasteiger partial charge in [-0.1, -0.05) is 83.9 Å². The molecule has 0 atom stereocenters. The Morgan fingerprint density at radius 3 is 1.41 bits per heavy atom. The molecule has 4 aromatic carbocycles. The van der Waals surface area contributed by atoms with Gasteiger partial charge >= 0.3 is 11.8 Å². The van der Waals surface area contributed by atoms with Gasteiger partial charge in [-0.05, 0) is 49.2 Å². The van der Waals surface area contributed by atoms with Crippen molar-refractivity contribution in [3.63, 3.8) is 0 Å². The Morgan fingerprint density at radius 1 is 0.625 bits per heavy atom. The topological polar surface area (TPSA) is 63.4 Å². The van der Waals surface area contributed by atoms with E-state index in [1.165, 1.54) is 4.90 Å². The van der Waals surface area contributed by atoms with Crippen molar-refractivity contribution in [3.05, 3.63) is 108 Å².